The van der Waals surface area contributed by atoms with Crippen molar-refractivity contribution < 1.29 is 9.59 Å². The molecule has 2 amide bonds. The molecule has 0 saturated carbocycles. The molecule has 32 heavy (non-hydrogen) atoms. The molecule has 2 aromatic carbocycles. The van der Waals surface area contributed by atoms with Crippen molar-refractivity contribution in [2.75, 3.05) is 11.4 Å². The van der Waals surface area contributed by atoms with Gasteiger partial charge in [-0.1, -0.05) is 63.2 Å². The Bertz CT molecular complexity index is 992. The highest BCUT2D eigenvalue weighted by Gasteiger charge is 2.47. The lowest BCUT2D eigenvalue weighted by Gasteiger charge is -2.50. The van der Waals surface area contributed by atoms with Crippen molar-refractivity contribution in [1.82, 2.24) is 10.2 Å². The molecular formula is C26H34N4O2. The van der Waals surface area contributed by atoms with Crippen LogP contribution in [0.2, 0.25) is 0 Å². The van der Waals surface area contributed by atoms with Gasteiger partial charge in [-0.15, -0.1) is 0 Å². The van der Waals surface area contributed by atoms with Gasteiger partial charge >= 0.3 is 0 Å². The highest BCUT2D eigenvalue weighted by Crippen LogP contribution is 2.34. The maximum atomic E-state index is 13.2. The molecule has 4 atom stereocenters. The molecule has 2 aliphatic rings. The van der Waals surface area contributed by atoms with Gasteiger partial charge in [0, 0.05) is 36.7 Å². The first kappa shape index (κ1) is 22.5. The Kier molecular flexibility index (Phi) is 6.10. The lowest BCUT2D eigenvalue weighted by molar-refractivity contribution is -0.150. The second-order valence-corrected chi connectivity index (χ2v) is 9.70. The zero-order valence-electron chi connectivity index (χ0n) is 19.4. The highest BCUT2D eigenvalue weighted by molar-refractivity contribution is 5.96. The second kappa shape index (κ2) is 8.68. The van der Waals surface area contributed by atoms with Crippen LogP contribution in [0.15, 0.2) is 54.6 Å². The molecule has 170 valence electrons. The Morgan fingerprint density at radius 2 is 1.84 bits per heavy atom. The van der Waals surface area contributed by atoms with Crippen LogP contribution in [0, 0.1) is 11.8 Å². The van der Waals surface area contributed by atoms with Crippen LogP contribution in [-0.4, -0.2) is 35.1 Å². The summed E-state index contributed by atoms with van der Waals surface area (Å²) < 4.78 is 0. The molecule has 3 N–H and O–H groups in total. The van der Waals surface area contributed by atoms with E-state index in [-0.39, 0.29) is 35.1 Å². The van der Waals surface area contributed by atoms with E-state index in [2.05, 4.69) is 38.2 Å². The van der Waals surface area contributed by atoms with Crippen molar-refractivity contribution in [3.8, 4) is 0 Å². The monoisotopic (exact) mass is 434 g/mol. The van der Waals surface area contributed by atoms with E-state index < -0.39 is 6.29 Å². The van der Waals surface area contributed by atoms with Crippen LogP contribution in [0.3, 0.4) is 0 Å². The Labute approximate surface area is 190 Å². The number of anilines is 1. The molecule has 4 rings (SSSR count). The third kappa shape index (κ3) is 4.05. The van der Waals surface area contributed by atoms with Crippen molar-refractivity contribution in [3.63, 3.8) is 0 Å². The summed E-state index contributed by atoms with van der Waals surface area (Å²) in [6.45, 7) is 9.33. The molecule has 6 nitrogen and oxygen atoms in total. The first-order valence-corrected chi connectivity index (χ1v) is 11.5. The van der Waals surface area contributed by atoms with E-state index in [4.69, 9.17) is 5.73 Å². The van der Waals surface area contributed by atoms with E-state index in [1.807, 2.05) is 54.3 Å². The van der Waals surface area contributed by atoms with Crippen LogP contribution in [0.25, 0.3) is 0 Å². The minimum atomic E-state index is -0.550. The molecule has 2 aromatic rings. The average Bonchev–Trinajstić information content (AvgIpc) is 3.17. The van der Waals surface area contributed by atoms with Gasteiger partial charge < -0.3 is 9.80 Å². The first-order chi connectivity index (χ1) is 15.2. The molecule has 0 aromatic heterocycles. The number of amides is 2. The van der Waals surface area contributed by atoms with Crippen LogP contribution < -0.4 is 16.0 Å². The van der Waals surface area contributed by atoms with E-state index >= 15 is 0 Å². The summed E-state index contributed by atoms with van der Waals surface area (Å²) in [5, 5.41) is 3.46. The molecule has 2 aliphatic heterocycles. The van der Waals surface area contributed by atoms with Crippen LogP contribution in [0.1, 0.15) is 51.2 Å². The topological polar surface area (TPSA) is 78.7 Å². The molecular weight excluding hydrogens is 400 g/mol. The molecule has 2 saturated heterocycles. The molecule has 0 bridgehead atoms. The van der Waals surface area contributed by atoms with E-state index in [9.17, 15) is 9.59 Å². The van der Waals surface area contributed by atoms with Crippen molar-refractivity contribution in [1.29, 1.82) is 0 Å². The van der Waals surface area contributed by atoms with Gasteiger partial charge in [-0.2, -0.15) is 0 Å². The summed E-state index contributed by atoms with van der Waals surface area (Å²) in [6, 6.07) is 18.1. The Balaban J connectivity index is 1.50. The van der Waals surface area contributed by atoms with Gasteiger partial charge in [-0.3, -0.25) is 20.6 Å². The van der Waals surface area contributed by atoms with Crippen LogP contribution >= 0.6 is 0 Å². The maximum absolute atomic E-state index is 13.2. The zero-order chi connectivity index (χ0) is 23.0. The van der Waals surface area contributed by atoms with E-state index in [0.29, 0.717) is 19.5 Å². The molecule has 0 aliphatic carbocycles. The van der Waals surface area contributed by atoms with Crippen molar-refractivity contribution >= 4 is 17.5 Å². The standard InChI is InChI=1S/C26H34N4O2/c1-17(2)26(4)18(3)24(32)30(25(27)28-26)15-19-9-8-12-22(13-19)29-16-21(14-23(29)31)20-10-6-5-7-11-20/h5-13,17-18,21,25,28H,14-16,27H2,1-4H3/t18-,21-,25?,26+/m0/s1. The SMILES string of the molecule is CC(C)[C@@]1(C)NC(N)N(Cc2cccc(N3C[C@@H](c4ccccc4)CC3=O)c2)C(=O)[C@@H]1C. The largest absolute Gasteiger partial charge is 0.312 e. The minimum Gasteiger partial charge on any atom is -0.312 e. The first-order valence-electron chi connectivity index (χ1n) is 11.5. The Morgan fingerprint density at radius 1 is 1.12 bits per heavy atom. The minimum absolute atomic E-state index is 0.0549. The fraction of sp³-hybridized carbons (Fsp3) is 0.462. The van der Waals surface area contributed by atoms with Gasteiger partial charge in [0.1, 0.15) is 6.29 Å². The quantitative estimate of drug-likeness (QED) is 0.756. The number of benzene rings is 2. The van der Waals surface area contributed by atoms with Gasteiger partial charge in [0.25, 0.3) is 0 Å². The summed E-state index contributed by atoms with van der Waals surface area (Å²) in [5.41, 5.74) is 9.07. The third-order valence-electron chi connectivity index (χ3n) is 7.52. The summed E-state index contributed by atoms with van der Waals surface area (Å²) in [5.74, 6) is 0.473. The van der Waals surface area contributed by atoms with E-state index in [1.54, 1.807) is 4.90 Å². The number of nitrogens with zero attached hydrogens (tertiary/aromatic N) is 2. The normalized spacial score (nSPS) is 28.6. The molecule has 0 spiro atoms. The summed E-state index contributed by atoms with van der Waals surface area (Å²) >= 11 is 0. The lowest BCUT2D eigenvalue weighted by Crippen LogP contribution is -2.72. The number of carbonyl (C=O) groups is 2. The van der Waals surface area contributed by atoms with Crippen LogP contribution in [0.4, 0.5) is 5.69 Å². The number of hydrogen-bond acceptors (Lipinski definition) is 4. The Morgan fingerprint density at radius 3 is 2.53 bits per heavy atom. The van der Waals surface area contributed by atoms with E-state index in [0.717, 1.165) is 11.3 Å². The van der Waals surface area contributed by atoms with Crippen molar-refractivity contribution in [2.45, 2.75) is 58.4 Å². The molecule has 0 radical (unpaired) electrons. The van der Waals surface area contributed by atoms with Crippen molar-refractivity contribution in [2.24, 2.45) is 17.6 Å². The van der Waals surface area contributed by atoms with Gasteiger partial charge in [0.05, 0.1) is 5.92 Å². The fourth-order valence-electron chi connectivity index (χ4n) is 4.93. The van der Waals surface area contributed by atoms with Crippen LogP contribution in [0.5, 0.6) is 0 Å². The predicted molar refractivity (Wildman–Crippen MR) is 127 cm³/mol. The van der Waals surface area contributed by atoms with E-state index in [1.165, 1.54) is 5.56 Å². The maximum Gasteiger partial charge on any atom is 0.229 e. The van der Waals surface area contributed by atoms with Gasteiger partial charge in [-0.05, 0) is 36.1 Å². The smallest absolute Gasteiger partial charge is 0.229 e. The summed E-state index contributed by atoms with van der Waals surface area (Å²) in [7, 11) is 0. The molecule has 2 fully saturated rings. The zero-order valence-corrected chi connectivity index (χ0v) is 19.4. The van der Waals surface area contributed by atoms with Crippen molar-refractivity contribution in [3.05, 3.63) is 65.7 Å². The second-order valence-electron chi connectivity index (χ2n) is 9.70. The highest BCUT2D eigenvalue weighted by atomic mass is 16.2. The summed E-state index contributed by atoms with van der Waals surface area (Å²) in [4.78, 5) is 29.5. The van der Waals surface area contributed by atoms with Gasteiger partial charge in [0.15, 0.2) is 0 Å². The number of nitrogens with one attached hydrogen (secondary N) is 1. The van der Waals surface area contributed by atoms with Gasteiger partial charge in [0.2, 0.25) is 11.8 Å². The van der Waals surface area contributed by atoms with Gasteiger partial charge in [-0.25, -0.2) is 0 Å². The number of carbonyl (C=O) groups excluding carboxylic acids is 2. The third-order valence-corrected chi connectivity index (χ3v) is 7.52. The number of hydrogen-bond donors (Lipinski definition) is 2. The summed E-state index contributed by atoms with van der Waals surface area (Å²) in [6.07, 6.45) is -0.0375. The molecule has 1 unspecified atom stereocenters. The number of nitrogens with two attached hydrogens (primary N) is 1. The number of rotatable bonds is 5. The predicted octanol–water partition coefficient (Wildman–Crippen LogP) is 3.43. The lowest BCUT2D eigenvalue weighted by atomic mass is 9.75. The molecule has 2 heterocycles. The Hall–Kier alpha value is -2.70. The average molecular weight is 435 g/mol. The fourth-order valence-corrected chi connectivity index (χ4v) is 4.93. The van der Waals surface area contributed by atoms with Crippen LogP contribution in [-0.2, 0) is 16.1 Å². The molecule has 6 heteroatoms.